The molecule has 7 rings (SSSR count). The standard InChI is InChI=1S/C20H13N2OS.C11H8N.Ir/c1-11-10-24-19-13(11)8-9-21-17(19)16-5-3-4-14-15-7-6-12(2)22-20(15)23-18(14)16;1-2-6-10(7-3-1)11-8-4-5-9-12-11;/h3-4,6-10H,1-2H3;1-6,8-9H;/q2*-1;. The number of thiophene rings is 1. The van der Waals surface area contributed by atoms with E-state index in [1.165, 1.54) is 15.6 Å². The molecule has 37 heavy (non-hydrogen) atoms. The molecule has 5 aromatic heterocycles. The quantitative estimate of drug-likeness (QED) is 0.173. The van der Waals surface area contributed by atoms with Crippen molar-refractivity contribution in [2.24, 2.45) is 0 Å². The molecular weight excluding hydrogens is 655 g/mol. The van der Waals surface area contributed by atoms with Gasteiger partial charge in [-0.1, -0.05) is 23.1 Å². The molecule has 5 heterocycles. The van der Waals surface area contributed by atoms with E-state index in [0.29, 0.717) is 5.71 Å². The zero-order chi connectivity index (χ0) is 24.5. The molecule has 4 nitrogen and oxygen atoms in total. The smallest absolute Gasteiger partial charge is 0.216 e. The Morgan fingerprint density at radius 3 is 2.49 bits per heavy atom. The molecule has 183 valence electrons. The van der Waals surface area contributed by atoms with Gasteiger partial charge in [0.2, 0.25) is 5.71 Å². The molecule has 0 N–H and O–H groups in total. The summed E-state index contributed by atoms with van der Waals surface area (Å²) in [7, 11) is 0. The minimum absolute atomic E-state index is 0. The molecule has 6 heteroatoms. The minimum atomic E-state index is 0. The van der Waals surface area contributed by atoms with E-state index in [4.69, 9.17) is 4.42 Å². The molecule has 1 radical (unpaired) electrons. The normalized spacial score (nSPS) is 10.8. The SMILES string of the molecule is Cc1ccc2c(n1)oc1c(-c3nccc4c(C)csc34)[c-]ccc12.[Ir].[c-]1ccccc1-c1ccccn1. The Hall–Kier alpha value is -3.70. The minimum Gasteiger partial charge on any atom is -0.486 e. The van der Waals surface area contributed by atoms with Gasteiger partial charge in [0.25, 0.3) is 0 Å². The number of pyridine rings is 3. The van der Waals surface area contributed by atoms with Crippen molar-refractivity contribution in [3.63, 3.8) is 0 Å². The summed E-state index contributed by atoms with van der Waals surface area (Å²) in [4.78, 5) is 13.4. The van der Waals surface area contributed by atoms with Gasteiger partial charge in [0.05, 0.1) is 5.58 Å². The van der Waals surface area contributed by atoms with Gasteiger partial charge in [0.15, 0.2) is 0 Å². The molecule has 0 fully saturated rings. The second-order valence-corrected chi connectivity index (χ2v) is 9.33. The molecule has 0 amide bonds. The monoisotopic (exact) mass is 676 g/mol. The van der Waals surface area contributed by atoms with E-state index >= 15 is 0 Å². The fourth-order valence-corrected chi connectivity index (χ4v) is 5.28. The van der Waals surface area contributed by atoms with Crippen LogP contribution in [-0.4, -0.2) is 15.0 Å². The molecule has 2 aromatic carbocycles. The van der Waals surface area contributed by atoms with Gasteiger partial charge in [-0.2, -0.15) is 11.3 Å². The summed E-state index contributed by atoms with van der Waals surface area (Å²) in [5.74, 6) is 0. The molecule has 0 unspecified atom stereocenters. The van der Waals surface area contributed by atoms with Gasteiger partial charge in [-0.3, -0.25) is 0 Å². The van der Waals surface area contributed by atoms with Crippen LogP contribution in [0, 0.1) is 26.0 Å². The van der Waals surface area contributed by atoms with E-state index in [0.717, 1.165) is 44.6 Å². The van der Waals surface area contributed by atoms with E-state index in [9.17, 15) is 0 Å². The van der Waals surface area contributed by atoms with E-state index in [-0.39, 0.29) is 20.1 Å². The van der Waals surface area contributed by atoms with Crippen molar-refractivity contribution in [1.82, 2.24) is 15.0 Å². The third-order valence-corrected chi connectivity index (χ3v) is 7.13. The Labute approximate surface area is 232 Å². The van der Waals surface area contributed by atoms with Crippen molar-refractivity contribution in [1.29, 1.82) is 0 Å². The van der Waals surface area contributed by atoms with Crippen LogP contribution in [0.3, 0.4) is 0 Å². The molecule has 0 aliphatic heterocycles. The van der Waals surface area contributed by atoms with Crippen LogP contribution in [0.2, 0.25) is 0 Å². The van der Waals surface area contributed by atoms with Gasteiger partial charge in [0.1, 0.15) is 0 Å². The summed E-state index contributed by atoms with van der Waals surface area (Å²) in [5, 5.41) is 5.48. The van der Waals surface area contributed by atoms with Gasteiger partial charge in [-0.05, 0) is 60.1 Å². The average molecular weight is 676 g/mol. The van der Waals surface area contributed by atoms with Crippen LogP contribution in [0.5, 0.6) is 0 Å². The van der Waals surface area contributed by atoms with Gasteiger partial charge in [-0.15, -0.1) is 54.1 Å². The van der Waals surface area contributed by atoms with Gasteiger partial charge in [-0.25, -0.2) is 4.98 Å². The molecule has 7 aromatic rings. The van der Waals surface area contributed by atoms with Crippen molar-refractivity contribution < 1.29 is 24.5 Å². The number of hydrogen-bond donors (Lipinski definition) is 0. The molecule has 0 aliphatic rings. The Kier molecular flexibility index (Phi) is 7.24. The largest absolute Gasteiger partial charge is 0.486 e. The second kappa shape index (κ2) is 10.7. The summed E-state index contributed by atoms with van der Waals surface area (Å²) in [6.07, 6.45) is 3.64. The summed E-state index contributed by atoms with van der Waals surface area (Å²) in [5.41, 5.74) is 7.52. The number of furan rings is 1. The maximum atomic E-state index is 6.10. The Bertz CT molecular complexity index is 1770. The van der Waals surface area contributed by atoms with E-state index < -0.39 is 0 Å². The molecule has 0 atom stereocenters. The number of aryl methyl sites for hydroxylation is 2. The molecule has 0 spiro atoms. The first-order chi connectivity index (χ1) is 17.7. The number of rotatable bonds is 2. The zero-order valence-corrected chi connectivity index (χ0v) is 23.4. The van der Waals surface area contributed by atoms with Gasteiger partial charge >= 0.3 is 0 Å². The average Bonchev–Trinajstić information content (AvgIpc) is 3.50. The summed E-state index contributed by atoms with van der Waals surface area (Å²) in [6.45, 7) is 4.09. The van der Waals surface area contributed by atoms with Gasteiger partial charge < -0.3 is 14.4 Å². The second-order valence-electron chi connectivity index (χ2n) is 8.45. The molecular formula is C31H21IrN3OS-2. The Balaban J connectivity index is 0.000000183. The van der Waals surface area contributed by atoms with E-state index in [1.807, 2.05) is 73.8 Å². The maximum Gasteiger partial charge on any atom is 0.216 e. The molecule has 0 bridgehead atoms. The van der Waals surface area contributed by atoms with Crippen molar-refractivity contribution in [3.8, 4) is 22.5 Å². The molecule has 0 saturated heterocycles. The molecule has 0 saturated carbocycles. The van der Waals surface area contributed by atoms with Crippen LogP contribution >= 0.6 is 11.3 Å². The van der Waals surface area contributed by atoms with Crippen LogP contribution in [-0.2, 0) is 20.1 Å². The number of hydrogen-bond acceptors (Lipinski definition) is 5. The van der Waals surface area contributed by atoms with E-state index in [2.05, 4.69) is 51.5 Å². The predicted molar refractivity (Wildman–Crippen MR) is 147 cm³/mol. The van der Waals surface area contributed by atoms with E-state index in [1.54, 1.807) is 17.5 Å². The van der Waals surface area contributed by atoms with Crippen molar-refractivity contribution in [2.45, 2.75) is 13.8 Å². The number of aromatic nitrogens is 3. The Morgan fingerprint density at radius 1 is 0.784 bits per heavy atom. The summed E-state index contributed by atoms with van der Waals surface area (Å²) in [6, 6.07) is 30.3. The summed E-state index contributed by atoms with van der Waals surface area (Å²) < 4.78 is 7.27. The molecule has 0 aliphatic carbocycles. The van der Waals surface area contributed by atoms with Crippen LogP contribution in [0.15, 0.2) is 95.0 Å². The van der Waals surface area contributed by atoms with Crippen LogP contribution in [0.1, 0.15) is 11.3 Å². The fourth-order valence-electron chi connectivity index (χ4n) is 4.23. The van der Waals surface area contributed by atoms with Crippen LogP contribution in [0.4, 0.5) is 0 Å². The number of nitrogens with zero attached hydrogens (tertiary/aromatic N) is 3. The fraction of sp³-hybridized carbons (Fsp3) is 0.0645. The zero-order valence-electron chi connectivity index (χ0n) is 20.2. The van der Waals surface area contributed by atoms with Crippen LogP contribution < -0.4 is 0 Å². The third kappa shape index (κ3) is 4.84. The number of benzene rings is 2. The van der Waals surface area contributed by atoms with Gasteiger partial charge in [0, 0.05) is 54.0 Å². The predicted octanol–water partition coefficient (Wildman–Crippen LogP) is 8.22. The first-order valence-corrected chi connectivity index (χ1v) is 12.5. The third-order valence-electron chi connectivity index (χ3n) is 6.01. The van der Waals surface area contributed by atoms with Crippen molar-refractivity contribution in [3.05, 3.63) is 114 Å². The summed E-state index contributed by atoms with van der Waals surface area (Å²) >= 11 is 1.71. The first-order valence-electron chi connectivity index (χ1n) is 11.6. The number of fused-ring (bicyclic) bond motifs is 4. The first kappa shape index (κ1) is 25.0. The maximum absolute atomic E-state index is 6.10. The van der Waals surface area contributed by atoms with Crippen molar-refractivity contribution >= 4 is 43.5 Å². The topological polar surface area (TPSA) is 51.8 Å². The van der Waals surface area contributed by atoms with Crippen molar-refractivity contribution in [2.75, 3.05) is 0 Å². The Morgan fingerprint density at radius 2 is 1.68 bits per heavy atom. The van der Waals surface area contributed by atoms with Crippen LogP contribution in [0.25, 0.3) is 54.7 Å².